The molecule has 0 aromatic rings. The van der Waals surface area contributed by atoms with Gasteiger partial charge in [0.05, 0.1) is 6.61 Å². The van der Waals surface area contributed by atoms with Gasteiger partial charge in [0.1, 0.15) is 0 Å². The summed E-state index contributed by atoms with van der Waals surface area (Å²) in [6, 6.07) is 0. The third-order valence-corrected chi connectivity index (χ3v) is 6.05. The molecule has 1 aliphatic heterocycles. The Morgan fingerprint density at radius 1 is 0.893 bits per heavy atom. The molecule has 28 heavy (non-hydrogen) atoms. The largest absolute Gasteiger partial charge is 0.465 e. The average molecular weight is 394 g/mol. The second-order valence-corrected chi connectivity index (χ2v) is 8.98. The molecule has 164 valence electrons. The van der Waals surface area contributed by atoms with Crippen molar-refractivity contribution in [2.45, 2.75) is 104 Å². The van der Waals surface area contributed by atoms with E-state index in [0.29, 0.717) is 24.9 Å². The van der Waals surface area contributed by atoms with Crippen LogP contribution in [-0.4, -0.2) is 37.6 Å². The molecule has 1 rings (SSSR count). The van der Waals surface area contributed by atoms with E-state index in [1.54, 1.807) is 0 Å². The quantitative estimate of drug-likeness (QED) is 0.155. The number of esters is 1. The van der Waals surface area contributed by atoms with Crippen molar-refractivity contribution in [3.8, 4) is 0 Å². The van der Waals surface area contributed by atoms with E-state index < -0.39 is 0 Å². The first-order valence-corrected chi connectivity index (χ1v) is 12.1. The van der Waals surface area contributed by atoms with E-state index in [2.05, 4.69) is 37.9 Å². The number of nitrogens with zero attached hydrogens (tertiary/aromatic N) is 1. The highest BCUT2D eigenvalue weighted by Crippen LogP contribution is 2.22. The predicted molar refractivity (Wildman–Crippen MR) is 121 cm³/mol. The Bertz CT molecular complexity index is 407. The van der Waals surface area contributed by atoms with Crippen LogP contribution in [0.4, 0.5) is 0 Å². The number of unbranched alkanes of at least 4 members (excludes halogenated alkanes) is 11. The summed E-state index contributed by atoms with van der Waals surface area (Å²) in [5.41, 5.74) is 0. The maximum Gasteiger partial charge on any atom is 0.305 e. The molecule has 3 nitrogen and oxygen atoms in total. The second-order valence-electron chi connectivity index (χ2n) is 8.98. The van der Waals surface area contributed by atoms with E-state index in [0.717, 1.165) is 25.9 Å². The molecule has 2 atom stereocenters. The second kappa shape index (κ2) is 17.1. The highest BCUT2D eigenvalue weighted by atomic mass is 16.5. The van der Waals surface area contributed by atoms with Crippen LogP contribution in [0.15, 0.2) is 12.2 Å². The molecule has 1 aliphatic rings. The van der Waals surface area contributed by atoms with Crippen molar-refractivity contribution in [3.63, 3.8) is 0 Å². The van der Waals surface area contributed by atoms with E-state index in [4.69, 9.17) is 4.74 Å². The highest BCUT2D eigenvalue weighted by molar-refractivity contribution is 5.69. The first-order chi connectivity index (χ1) is 13.6. The van der Waals surface area contributed by atoms with Gasteiger partial charge < -0.3 is 9.64 Å². The lowest BCUT2D eigenvalue weighted by molar-refractivity contribution is -0.145. The lowest BCUT2D eigenvalue weighted by Crippen LogP contribution is -2.20. The summed E-state index contributed by atoms with van der Waals surface area (Å²) in [7, 11) is 2.14. The summed E-state index contributed by atoms with van der Waals surface area (Å²) in [5.74, 6) is 1.15. The zero-order chi connectivity index (χ0) is 20.5. The summed E-state index contributed by atoms with van der Waals surface area (Å²) in [6.45, 7) is 7.31. The standard InChI is InChI=1S/C25H47NO2/c1-4-5-6-7-8-9-10-11-12-13-14-15-16-17-18-19-25(27)28-22-24-21-26(3)20-23(24)2/h11-12,23-24H,4-10,13-22H2,1-3H3/b12-11-/t23-,24?/m1/s1. The number of likely N-dealkylation sites (tertiary alicyclic amines) is 1. The van der Waals surface area contributed by atoms with Crippen LogP contribution in [0.25, 0.3) is 0 Å². The molecule has 0 aromatic heterocycles. The van der Waals surface area contributed by atoms with E-state index in [-0.39, 0.29) is 5.97 Å². The predicted octanol–water partition coefficient (Wildman–Crippen LogP) is 6.76. The Kier molecular flexibility index (Phi) is 15.4. The fourth-order valence-corrected chi connectivity index (χ4v) is 4.12. The van der Waals surface area contributed by atoms with Crippen molar-refractivity contribution in [2.24, 2.45) is 11.8 Å². The number of carbonyl (C=O) groups excluding carboxylic acids is 1. The first kappa shape index (κ1) is 25.2. The van der Waals surface area contributed by atoms with Crippen LogP contribution < -0.4 is 0 Å². The fraction of sp³-hybridized carbons (Fsp3) is 0.880. The summed E-state index contributed by atoms with van der Waals surface area (Å²) >= 11 is 0. The maximum absolute atomic E-state index is 11.9. The Balaban J connectivity index is 1.82. The highest BCUT2D eigenvalue weighted by Gasteiger charge is 2.28. The number of carbonyl (C=O) groups is 1. The van der Waals surface area contributed by atoms with Crippen molar-refractivity contribution in [2.75, 3.05) is 26.7 Å². The van der Waals surface area contributed by atoms with E-state index in [1.807, 2.05) is 0 Å². The van der Waals surface area contributed by atoms with Gasteiger partial charge in [-0.1, -0.05) is 77.4 Å². The molecule has 1 unspecified atom stereocenters. The van der Waals surface area contributed by atoms with Gasteiger partial charge in [0.2, 0.25) is 0 Å². The lowest BCUT2D eigenvalue weighted by Gasteiger charge is -2.14. The number of hydrogen-bond donors (Lipinski definition) is 0. The third kappa shape index (κ3) is 13.4. The fourth-order valence-electron chi connectivity index (χ4n) is 4.12. The van der Waals surface area contributed by atoms with Crippen LogP contribution in [0.3, 0.4) is 0 Å². The van der Waals surface area contributed by atoms with Crippen molar-refractivity contribution >= 4 is 5.97 Å². The number of rotatable bonds is 17. The van der Waals surface area contributed by atoms with Gasteiger partial charge in [0.25, 0.3) is 0 Å². The minimum atomic E-state index is -0.000574. The van der Waals surface area contributed by atoms with Crippen molar-refractivity contribution in [3.05, 3.63) is 12.2 Å². The zero-order valence-corrected chi connectivity index (χ0v) is 19.1. The van der Waals surface area contributed by atoms with Crippen LogP contribution >= 0.6 is 0 Å². The lowest BCUT2D eigenvalue weighted by atomic mass is 9.99. The molecule has 1 fully saturated rings. The molecule has 0 amide bonds. The number of hydrogen-bond acceptors (Lipinski definition) is 3. The van der Waals surface area contributed by atoms with Crippen LogP contribution in [0.5, 0.6) is 0 Å². The van der Waals surface area contributed by atoms with Crippen LogP contribution in [0, 0.1) is 11.8 Å². The van der Waals surface area contributed by atoms with Crippen LogP contribution in [0.2, 0.25) is 0 Å². The Morgan fingerprint density at radius 3 is 2.04 bits per heavy atom. The Hall–Kier alpha value is -0.830. The van der Waals surface area contributed by atoms with Crippen LogP contribution in [0.1, 0.15) is 104 Å². The molecule has 0 aromatic carbocycles. The van der Waals surface area contributed by atoms with Crippen LogP contribution in [-0.2, 0) is 9.53 Å². The van der Waals surface area contributed by atoms with E-state index in [9.17, 15) is 4.79 Å². The summed E-state index contributed by atoms with van der Waals surface area (Å²) in [5, 5.41) is 0. The van der Waals surface area contributed by atoms with Gasteiger partial charge in [-0.05, 0) is 45.1 Å². The monoisotopic (exact) mass is 393 g/mol. The van der Waals surface area contributed by atoms with Crippen molar-refractivity contribution in [1.29, 1.82) is 0 Å². The number of allylic oxidation sites excluding steroid dienone is 2. The molecule has 0 bridgehead atoms. The van der Waals surface area contributed by atoms with Gasteiger partial charge in [-0.3, -0.25) is 4.79 Å². The van der Waals surface area contributed by atoms with Gasteiger partial charge in [-0.25, -0.2) is 0 Å². The summed E-state index contributed by atoms with van der Waals surface area (Å²) in [4.78, 5) is 14.2. The molecule has 0 aliphatic carbocycles. The minimum absolute atomic E-state index is 0.000574. The maximum atomic E-state index is 11.9. The molecular weight excluding hydrogens is 346 g/mol. The van der Waals surface area contributed by atoms with Crippen molar-refractivity contribution in [1.82, 2.24) is 4.90 Å². The molecule has 0 saturated carbocycles. The SMILES string of the molecule is CCCCCCCC/C=C\CCCCCCCC(=O)OCC1CN(C)C[C@H]1C. The van der Waals surface area contributed by atoms with Gasteiger partial charge in [0, 0.05) is 25.4 Å². The molecule has 0 N–H and O–H groups in total. The summed E-state index contributed by atoms with van der Waals surface area (Å²) < 4.78 is 5.49. The molecule has 3 heteroatoms. The van der Waals surface area contributed by atoms with Gasteiger partial charge in [-0.15, -0.1) is 0 Å². The van der Waals surface area contributed by atoms with E-state index in [1.165, 1.54) is 70.6 Å². The average Bonchev–Trinajstić information content (AvgIpc) is 3.00. The molecule has 1 heterocycles. The zero-order valence-electron chi connectivity index (χ0n) is 19.1. The molecule has 0 spiro atoms. The van der Waals surface area contributed by atoms with Gasteiger partial charge >= 0.3 is 5.97 Å². The smallest absolute Gasteiger partial charge is 0.305 e. The number of ether oxygens (including phenoxy) is 1. The molecule has 0 radical (unpaired) electrons. The van der Waals surface area contributed by atoms with Gasteiger partial charge in [0.15, 0.2) is 0 Å². The van der Waals surface area contributed by atoms with Crippen molar-refractivity contribution < 1.29 is 9.53 Å². The summed E-state index contributed by atoms with van der Waals surface area (Å²) in [6.07, 6.45) is 22.0. The third-order valence-electron chi connectivity index (χ3n) is 6.05. The topological polar surface area (TPSA) is 29.5 Å². The molecule has 1 saturated heterocycles. The minimum Gasteiger partial charge on any atom is -0.465 e. The van der Waals surface area contributed by atoms with Gasteiger partial charge in [-0.2, -0.15) is 0 Å². The normalized spacial score (nSPS) is 20.2. The van der Waals surface area contributed by atoms with E-state index >= 15 is 0 Å². The Labute approximate surface area is 175 Å². The first-order valence-electron chi connectivity index (χ1n) is 12.1. The molecular formula is C25H47NO2. The Morgan fingerprint density at radius 2 is 1.46 bits per heavy atom.